The van der Waals surface area contributed by atoms with E-state index >= 15 is 0 Å². The van der Waals surface area contributed by atoms with Crippen LogP contribution in [0.5, 0.6) is 11.5 Å². The van der Waals surface area contributed by atoms with Crippen LogP contribution < -0.4 is 19.3 Å². The molecule has 2 N–H and O–H groups in total. The van der Waals surface area contributed by atoms with E-state index in [2.05, 4.69) is 19.1 Å². The highest BCUT2D eigenvalue weighted by atomic mass is 16.5. The van der Waals surface area contributed by atoms with Crippen molar-refractivity contribution in [2.75, 3.05) is 45.9 Å². The third-order valence-corrected chi connectivity index (χ3v) is 5.18. The summed E-state index contributed by atoms with van der Waals surface area (Å²) in [5, 5.41) is 0. The van der Waals surface area contributed by atoms with Gasteiger partial charge in [-0.2, -0.15) is 0 Å². The minimum Gasteiger partial charge on any atom is -0.493 e. The summed E-state index contributed by atoms with van der Waals surface area (Å²) in [5.74, 6) is 1.80. The van der Waals surface area contributed by atoms with Gasteiger partial charge in [0.1, 0.15) is 44.3 Å². The molecule has 0 spiro atoms. The van der Waals surface area contributed by atoms with E-state index in [0.29, 0.717) is 6.61 Å². The summed E-state index contributed by atoms with van der Waals surface area (Å²) in [7, 11) is 0. The van der Waals surface area contributed by atoms with E-state index in [1.807, 2.05) is 42.5 Å². The predicted molar refractivity (Wildman–Crippen MR) is 104 cm³/mol. The summed E-state index contributed by atoms with van der Waals surface area (Å²) in [5.41, 5.74) is 1.18. The second-order valence-electron chi connectivity index (χ2n) is 7.05. The molecule has 140 valence electrons. The molecule has 4 heteroatoms. The van der Waals surface area contributed by atoms with E-state index in [1.54, 1.807) is 9.80 Å². The molecule has 0 amide bonds. The smallest absolute Gasteiger partial charge is 0.127 e. The first kappa shape index (κ1) is 18.7. The van der Waals surface area contributed by atoms with E-state index in [1.165, 1.54) is 44.8 Å². The number of hydrogen-bond acceptors (Lipinski definition) is 2. The molecule has 0 saturated carbocycles. The van der Waals surface area contributed by atoms with Crippen LogP contribution in [0.3, 0.4) is 0 Å². The van der Waals surface area contributed by atoms with Crippen LogP contribution in [0, 0.1) is 0 Å². The standard InChI is InChI=1S/C22H30N2O2/c1-2-23-14-16-24(17-15-23)13-6-18-25-21-9-11-22(12-10-21)26-19-20-7-4-3-5-8-20/h3-5,7-12H,2,6,13-19H2,1H3/p+2. The van der Waals surface area contributed by atoms with E-state index in [0.717, 1.165) is 24.5 Å². The van der Waals surface area contributed by atoms with Gasteiger partial charge in [-0.05, 0) is 36.8 Å². The molecule has 0 aliphatic carbocycles. The number of likely N-dealkylation sites (N-methyl/N-ethyl adjacent to an activating group) is 1. The summed E-state index contributed by atoms with van der Waals surface area (Å²) in [6.45, 7) is 11.4. The Labute approximate surface area is 157 Å². The quantitative estimate of drug-likeness (QED) is 0.652. The molecule has 1 aliphatic heterocycles. The van der Waals surface area contributed by atoms with Gasteiger partial charge in [-0.1, -0.05) is 30.3 Å². The topological polar surface area (TPSA) is 27.3 Å². The second kappa shape index (κ2) is 10.2. The minimum atomic E-state index is 0.594. The lowest BCUT2D eigenvalue weighted by Crippen LogP contribution is -3.28. The van der Waals surface area contributed by atoms with Crippen LogP contribution in [0.15, 0.2) is 54.6 Å². The molecule has 0 atom stereocenters. The van der Waals surface area contributed by atoms with Gasteiger partial charge in [0.15, 0.2) is 0 Å². The average Bonchev–Trinajstić information content (AvgIpc) is 2.72. The summed E-state index contributed by atoms with van der Waals surface area (Å²) in [6, 6.07) is 18.2. The van der Waals surface area contributed by atoms with Gasteiger partial charge in [0, 0.05) is 6.42 Å². The Hall–Kier alpha value is -2.04. The largest absolute Gasteiger partial charge is 0.493 e. The molecule has 0 aromatic heterocycles. The second-order valence-corrected chi connectivity index (χ2v) is 7.05. The zero-order valence-electron chi connectivity index (χ0n) is 15.9. The number of piperazine rings is 1. The van der Waals surface area contributed by atoms with E-state index in [9.17, 15) is 0 Å². The molecule has 1 heterocycles. The molecule has 1 aliphatic rings. The fourth-order valence-corrected chi connectivity index (χ4v) is 3.45. The lowest BCUT2D eigenvalue weighted by Gasteiger charge is -2.28. The number of ether oxygens (including phenoxy) is 2. The van der Waals surface area contributed by atoms with Crippen molar-refractivity contribution >= 4 is 0 Å². The Balaban J connectivity index is 1.32. The first-order chi connectivity index (χ1) is 12.8. The molecule has 4 nitrogen and oxygen atoms in total. The molecule has 2 aromatic rings. The molecular weight excluding hydrogens is 324 g/mol. The highest BCUT2D eigenvalue weighted by Crippen LogP contribution is 2.18. The van der Waals surface area contributed by atoms with Crippen LogP contribution in [0.25, 0.3) is 0 Å². The molecule has 0 bridgehead atoms. The van der Waals surface area contributed by atoms with Crippen molar-refractivity contribution in [2.24, 2.45) is 0 Å². The Bertz CT molecular complexity index is 622. The van der Waals surface area contributed by atoms with Crippen molar-refractivity contribution in [3.63, 3.8) is 0 Å². The van der Waals surface area contributed by atoms with Gasteiger partial charge in [-0.15, -0.1) is 0 Å². The molecule has 1 saturated heterocycles. The maximum absolute atomic E-state index is 5.88. The summed E-state index contributed by atoms with van der Waals surface area (Å²) >= 11 is 0. The van der Waals surface area contributed by atoms with Crippen molar-refractivity contribution in [3.8, 4) is 11.5 Å². The Morgan fingerprint density at radius 3 is 2.04 bits per heavy atom. The fraction of sp³-hybridized carbons (Fsp3) is 0.455. The minimum absolute atomic E-state index is 0.594. The lowest BCUT2D eigenvalue weighted by atomic mass is 10.2. The number of rotatable bonds is 9. The van der Waals surface area contributed by atoms with Gasteiger partial charge < -0.3 is 19.3 Å². The molecule has 1 fully saturated rings. The maximum atomic E-state index is 5.88. The summed E-state index contributed by atoms with van der Waals surface area (Å²) in [4.78, 5) is 3.48. The average molecular weight is 357 g/mol. The van der Waals surface area contributed by atoms with E-state index in [4.69, 9.17) is 9.47 Å². The monoisotopic (exact) mass is 356 g/mol. The van der Waals surface area contributed by atoms with Crippen molar-refractivity contribution < 1.29 is 19.3 Å². The SMILES string of the molecule is CC[NH+]1CC[NH+](CCCOc2ccc(OCc3ccccc3)cc2)CC1. The normalized spacial score (nSPS) is 19.9. The molecule has 0 radical (unpaired) electrons. The number of benzene rings is 2. The van der Waals surface area contributed by atoms with E-state index in [-0.39, 0.29) is 0 Å². The molecule has 2 aromatic carbocycles. The highest BCUT2D eigenvalue weighted by Gasteiger charge is 2.20. The van der Waals surface area contributed by atoms with Crippen LogP contribution in [-0.2, 0) is 6.61 Å². The summed E-state index contributed by atoms with van der Waals surface area (Å²) < 4.78 is 11.7. The van der Waals surface area contributed by atoms with Crippen molar-refractivity contribution in [3.05, 3.63) is 60.2 Å². The van der Waals surface area contributed by atoms with Gasteiger partial charge in [0.25, 0.3) is 0 Å². The van der Waals surface area contributed by atoms with Gasteiger partial charge in [-0.25, -0.2) is 0 Å². The fourth-order valence-electron chi connectivity index (χ4n) is 3.45. The van der Waals surface area contributed by atoms with Gasteiger partial charge in [0.2, 0.25) is 0 Å². The molecule has 26 heavy (non-hydrogen) atoms. The zero-order chi connectivity index (χ0) is 18.0. The van der Waals surface area contributed by atoms with Crippen LogP contribution in [0.4, 0.5) is 0 Å². The lowest BCUT2D eigenvalue weighted by molar-refractivity contribution is -1.01. The Morgan fingerprint density at radius 2 is 1.38 bits per heavy atom. The van der Waals surface area contributed by atoms with Gasteiger partial charge in [-0.3, -0.25) is 0 Å². The summed E-state index contributed by atoms with van der Waals surface area (Å²) in [6.07, 6.45) is 1.11. The van der Waals surface area contributed by atoms with Crippen LogP contribution in [-0.4, -0.2) is 45.9 Å². The maximum Gasteiger partial charge on any atom is 0.127 e. The van der Waals surface area contributed by atoms with Crippen molar-refractivity contribution in [1.29, 1.82) is 0 Å². The molecule has 0 unspecified atom stereocenters. The first-order valence-electron chi connectivity index (χ1n) is 9.90. The van der Waals surface area contributed by atoms with Gasteiger partial charge in [0.05, 0.1) is 19.7 Å². The van der Waals surface area contributed by atoms with E-state index < -0.39 is 0 Å². The number of nitrogens with one attached hydrogen (secondary N) is 2. The predicted octanol–water partition coefficient (Wildman–Crippen LogP) is 0.838. The molecule has 3 rings (SSSR count). The van der Waals surface area contributed by atoms with Gasteiger partial charge >= 0.3 is 0 Å². The van der Waals surface area contributed by atoms with Crippen LogP contribution >= 0.6 is 0 Å². The van der Waals surface area contributed by atoms with Crippen molar-refractivity contribution in [1.82, 2.24) is 0 Å². The first-order valence-corrected chi connectivity index (χ1v) is 9.90. The Morgan fingerprint density at radius 1 is 0.769 bits per heavy atom. The highest BCUT2D eigenvalue weighted by molar-refractivity contribution is 5.31. The van der Waals surface area contributed by atoms with Crippen molar-refractivity contribution in [2.45, 2.75) is 20.0 Å². The zero-order valence-corrected chi connectivity index (χ0v) is 15.9. The third kappa shape index (κ3) is 6.04. The number of hydrogen-bond donors (Lipinski definition) is 2. The van der Waals surface area contributed by atoms with Crippen LogP contribution in [0.2, 0.25) is 0 Å². The Kier molecular flexibility index (Phi) is 7.35. The van der Waals surface area contributed by atoms with Crippen LogP contribution in [0.1, 0.15) is 18.9 Å². The number of quaternary nitrogens is 2. The third-order valence-electron chi connectivity index (χ3n) is 5.18. The molecular formula is C22H32N2O2+2.